The first-order valence-corrected chi connectivity index (χ1v) is 8.46. The minimum absolute atomic E-state index is 0.108. The SMILES string of the molecule is O=C(/C=C\N(O)Cc1ccc(-c2ccccc2)cc1)c1cccs1. The molecule has 3 rings (SSSR count). The topological polar surface area (TPSA) is 40.5 Å². The molecule has 1 aromatic heterocycles. The van der Waals surface area contributed by atoms with E-state index in [1.54, 1.807) is 6.07 Å². The van der Waals surface area contributed by atoms with Crippen molar-refractivity contribution in [2.45, 2.75) is 6.54 Å². The summed E-state index contributed by atoms with van der Waals surface area (Å²) in [6, 6.07) is 21.7. The van der Waals surface area contributed by atoms with Crippen molar-refractivity contribution in [2.24, 2.45) is 0 Å². The van der Waals surface area contributed by atoms with Gasteiger partial charge < -0.3 is 0 Å². The predicted octanol–water partition coefficient (Wildman–Crippen LogP) is 5.00. The second-order valence-electron chi connectivity index (χ2n) is 5.32. The van der Waals surface area contributed by atoms with Crippen LogP contribution in [0.1, 0.15) is 15.2 Å². The molecule has 0 saturated carbocycles. The van der Waals surface area contributed by atoms with Crippen LogP contribution in [0.4, 0.5) is 0 Å². The van der Waals surface area contributed by atoms with Crippen LogP contribution in [0.15, 0.2) is 84.4 Å². The summed E-state index contributed by atoms with van der Waals surface area (Å²) in [6.45, 7) is 0.323. The highest BCUT2D eigenvalue weighted by atomic mass is 32.1. The average molecular weight is 335 g/mol. The van der Waals surface area contributed by atoms with Gasteiger partial charge in [-0.25, -0.2) is 0 Å². The van der Waals surface area contributed by atoms with Crippen molar-refractivity contribution < 1.29 is 10.0 Å². The van der Waals surface area contributed by atoms with Crippen LogP contribution in [0, 0.1) is 0 Å². The number of ketones is 1. The maximum atomic E-state index is 11.9. The highest BCUT2D eigenvalue weighted by molar-refractivity contribution is 7.12. The Labute approximate surface area is 145 Å². The van der Waals surface area contributed by atoms with Gasteiger partial charge in [0, 0.05) is 12.3 Å². The van der Waals surface area contributed by atoms with E-state index in [1.165, 1.54) is 23.6 Å². The standard InChI is InChI=1S/C20H17NO2S/c22-19(20-7-4-14-24-20)12-13-21(23)15-16-8-10-18(11-9-16)17-5-2-1-3-6-17/h1-14,23H,15H2/b13-12-. The fourth-order valence-corrected chi connectivity index (χ4v) is 2.97. The third-order valence-electron chi connectivity index (χ3n) is 3.57. The van der Waals surface area contributed by atoms with Gasteiger partial charge in [-0.1, -0.05) is 60.7 Å². The molecule has 0 aliphatic rings. The Kier molecular flexibility index (Phi) is 5.21. The van der Waals surface area contributed by atoms with Gasteiger partial charge >= 0.3 is 0 Å². The molecule has 0 aliphatic heterocycles. The lowest BCUT2D eigenvalue weighted by Crippen LogP contribution is -2.11. The number of hydrogen-bond donors (Lipinski definition) is 1. The Morgan fingerprint density at radius 3 is 2.33 bits per heavy atom. The molecule has 0 amide bonds. The van der Waals surface area contributed by atoms with Gasteiger partial charge in [-0.05, 0) is 28.1 Å². The molecule has 2 aromatic carbocycles. The average Bonchev–Trinajstić information content (AvgIpc) is 3.16. The molecular weight excluding hydrogens is 318 g/mol. The molecule has 3 nitrogen and oxygen atoms in total. The van der Waals surface area contributed by atoms with Gasteiger partial charge in [-0.15, -0.1) is 11.3 Å². The molecule has 24 heavy (non-hydrogen) atoms. The van der Waals surface area contributed by atoms with Crippen LogP contribution in [-0.4, -0.2) is 16.1 Å². The maximum Gasteiger partial charge on any atom is 0.197 e. The van der Waals surface area contributed by atoms with E-state index in [4.69, 9.17) is 0 Å². The summed E-state index contributed by atoms with van der Waals surface area (Å²) in [7, 11) is 0. The van der Waals surface area contributed by atoms with E-state index < -0.39 is 0 Å². The minimum atomic E-state index is -0.108. The molecule has 0 unspecified atom stereocenters. The van der Waals surface area contributed by atoms with Crippen molar-refractivity contribution >= 4 is 17.1 Å². The van der Waals surface area contributed by atoms with Crippen molar-refractivity contribution in [1.82, 2.24) is 5.06 Å². The number of carbonyl (C=O) groups is 1. The Morgan fingerprint density at radius 2 is 1.67 bits per heavy atom. The Bertz CT molecular complexity index is 809. The number of nitrogens with zero attached hydrogens (tertiary/aromatic N) is 1. The Balaban J connectivity index is 1.60. The van der Waals surface area contributed by atoms with Crippen LogP contribution >= 0.6 is 11.3 Å². The first-order valence-electron chi connectivity index (χ1n) is 7.58. The summed E-state index contributed by atoms with van der Waals surface area (Å²) in [4.78, 5) is 12.5. The molecule has 120 valence electrons. The molecule has 0 radical (unpaired) electrons. The van der Waals surface area contributed by atoms with Gasteiger partial charge in [-0.3, -0.25) is 15.1 Å². The normalized spacial score (nSPS) is 10.9. The summed E-state index contributed by atoms with van der Waals surface area (Å²) in [6.07, 6.45) is 2.78. The number of allylic oxidation sites excluding steroid dienone is 1. The van der Waals surface area contributed by atoms with Gasteiger partial charge in [0.25, 0.3) is 0 Å². The van der Waals surface area contributed by atoms with E-state index >= 15 is 0 Å². The lowest BCUT2D eigenvalue weighted by atomic mass is 10.0. The summed E-state index contributed by atoms with van der Waals surface area (Å²) >= 11 is 1.39. The van der Waals surface area contributed by atoms with Crippen LogP contribution in [0.5, 0.6) is 0 Å². The van der Waals surface area contributed by atoms with E-state index in [1.807, 2.05) is 53.9 Å². The van der Waals surface area contributed by atoms with Gasteiger partial charge in [0.15, 0.2) is 5.78 Å². The highest BCUT2D eigenvalue weighted by Gasteiger charge is 2.04. The van der Waals surface area contributed by atoms with Crippen LogP contribution in [0.2, 0.25) is 0 Å². The summed E-state index contributed by atoms with van der Waals surface area (Å²) in [5.74, 6) is -0.108. The smallest absolute Gasteiger partial charge is 0.197 e. The molecule has 3 aromatic rings. The third-order valence-corrected chi connectivity index (χ3v) is 4.45. The molecular formula is C20H17NO2S. The van der Waals surface area contributed by atoms with E-state index in [2.05, 4.69) is 12.1 Å². The molecule has 0 aliphatic carbocycles. The number of thiophene rings is 1. The van der Waals surface area contributed by atoms with Crippen LogP contribution in [0.25, 0.3) is 11.1 Å². The predicted molar refractivity (Wildman–Crippen MR) is 97.0 cm³/mol. The van der Waals surface area contributed by atoms with Crippen molar-refractivity contribution in [2.75, 3.05) is 0 Å². The number of hydroxylamine groups is 2. The van der Waals surface area contributed by atoms with Gasteiger partial charge in [0.2, 0.25) is 0 Å². The second-order valence-corrected chi connectivity index (χ2v) is 6.27. The van der Waals surface area contributed by atoms with Gasteiger partial charge in [0.1, 0.15) is 0 Å². The van der Waals surface area contributed by atoms with E-state index in [9.17, 15) is 10.0 Å². The maximum absolute atomic E-state index is 11.9. The molecule has 0 fully saturated rings. The molecule has 0 spiro atoms. The first kappa shape index (κ1) is 16.2. The van der Waals surface area contributed by atoms with Gasteiger partial charge in [-0.2, -0.15) is 0 Å². The Hall–Kier alpha value is -2.69. The van der Waals surface area contributed by atoms with Crippen LogP contribution in [0.3, 0.4) is 0 Å². The Morgan fingerprint density at radius 1 is 0.958 bits per heavy atom. The zero-order valence-electron chi connectivity index (χ0n) is 13.0. The summed E-state index contributed by atoms with van der Waals surface area (Å²) < 4.78 is 0. The largest absolute Gasteiger partial charge is 0.289 e. The zero-order valence-corrected chi connectivity index (χ0v) is 13.8. The number of benzene rings is 2. The summed E-state index contributed by atoms with van der Waals surface area (Å²) in [5, 5.41) is 12.8. The first-order chi connectivity index (χ1) is 11.7. The van der Waals surface area contributed by atoms with E-state index in [0.717, 1.165) is 21.8 Å². The molecule has 0 bridgehead atoms. The van der Waals surface area contributed by atoms with Gasteiger partial charge in [0.05, 0.1) is 11.4 Å². The van der Waals surface area contributed by atoms with Crippen molar-refractivity contribution in [3.8, 4) is 11.1 Å². The van der Waals surface area contributed by atoms with Crippen molar-refractivity contribution in [3.05, 3.63) is 94.8 Å². The lowest BCUT2D eigenvalue weighted by Gasteiger charge is -2.12. The second kappa shape index (κ2) is 7.73. The number of rotatable bonds is 6. The third kappa shape index (κ3) is 4.19. The monoisotopic (exact) mass is 335 g/mol. The van der Waals surface area contributed by atoms with E-state index in [-0.39, 0.29) is 5.78 Å². The minimum Gasteiger partial charge on any atom is -0.289 e. The van der Waals surface area contributed by atoms with E-state index in [0.29, 0.717) is 11.4 Å². The molecule has 0 atom stereocenters. The molecule has 4 heteroatoms. The van der Waals surface area contributed by atoms with Crippen LogP contribution in [-0.2, 0) is 6.54 Å². The number of hydrogen-bond acceptors (Lipinski definition) is 4. The molecule has 0 saturated heterocycles. The zero-order chi connectivity index (χ0) is 16.8. The van der Waals surface area contributed by atoms with Crippen LogP contribution < -0.4 is 0 Å². The van der Waals surface area contributed by atoms with Crippen molar-refractivity contribution in [1.29, 1.82) is 0 Å². The summed E-state index contributed by atoms with van der Waals surface area (Å²) in [5.41, 5.74) is 3.25. The number of carbonyl (C=O) groups excluding carboxylic acids is 1. The lowest BCUT2D eigenvalue weighted by molar-refractivity contribution is -0.0491. The quantitative estimate of drug-likeness (QED) is 0.391. The van der Waals surface area contributed by atoms with Crippen molar-refractivity contribution in [3.63, 3.8) is 0 Å². The highest BCUT2D eigenvalue weighted by Crippen LogP contribution is 2.19. The fraction of sp³-hybridized carbons (Fsp3) is 0.0500. The fourth-order valence-electron chi connectivity index (χ4n) is 2.33. The molecule has 1 heterocycles. The molecule has 1 N–H and O–H groups in total.